The Morgan fingerprint density at radius 3 is 2.62 bits per heavy atom. The number of fused-ring (bicyclic) bond motifs is 1. The monoisotopic (exact) mass is 376 g/mol. The Labute approximate surface area is 157 Å². The van der Waals surface area contributed by atoms with E-state index in [0.717, 1.165) is 6.54 Å². The van der Waals surface area contributed by atoms with E-state index in [4.69, 9.17) is 25.8 Å². The number of rotatable bonds is 6. The number of carbonyl (C=O) groups is 1. The first-order chi connectivity index (χ1) is 12.5. The third kappa shape index (κ3) is 4.39. The molecular formula is C19H21ClN2O4. The summed E-state index contributed by atoms with van der Waals surface area (Å²) in [6.45, 7) is 2.18. The number of amides is 1. The van der Waals surface area contributed by atoms with Gasteiger partial charge < -0.3 is 24.4 Å². The van der Waals surface area contributed by atoms with Crippen LogP contribution in [0.5, 0.6) is 17.2 Å². The van der Waals surface area contributed by atoms with Gasteiger partial charge in [0.1, 0.15) is 25.6 Å². The highest BCUT2D eigenvalue weighted by molar-refractivity contribution is 6.34. The zero-order valence-electron chi connectivity index (χ0n) is 14.8. The van der Waals surface area contributed by atoms with Crippen molar-refractivity contribution in [1.29, 1.82) is 0 Å². The summed E-state index contributed by atoms with van der Waals surface area (Å²) in [5.41, 5.74) is 0.904. The van der Waals surface area contributed by atoms with Crippen LogP contribution in [0.15, 0.2) is 36.4 Å². The topological polar surface area (TPSA) is 60.0 Å². The first-order valence-corrected chi connectivity index (χ1v) is 8.69. The summed E-state index contributed by atoms with van der Waals surface area (Å²) in [5.74, 6) is 1.36. The largest absolute Gasteiger partial charge is 0.491 e. The average molecular weight is 377 g/mol. The summed E-state index contributed by atoms with van der Waals surface area (Å²) in [7, 11) is 3.93. The maximum Gasteiger partial charge on any atom is 0.259 e. The van der Waals surface area contributed by atoms with Crippen LogP contribution in [-0.4, -0.2) is 51.3 Å². The molecular weight excluding hydrogens is 356 g/mol. The highest BCUT2D eigenvalue weighted by Crippen LogP contribution is 2.38. The fourth-order valence-corrected chi connectivity index (χ4v) is 2.67. The van der Waals surface area contributed by atoms with Gasteiger partial charge in [0.2, 0.25) is 0 Å². The number of para-hydroxylation sites is 1. The van der Waals surface area contributed by atoms with E-state index in [1.54, 1.807) is 30.3 Å². The van der Waals surface area contributed by atoms with Crippen molar-refractivity contribution < 1.29 is 19.0 Å². The number of anilines is 1. The molecule has 0 radical (unpaired) electrons. The molecule has 7 heteroatoms. The van der Waals surface area contributed by atoms with E-state index in [-0.39, 0.29) is 5.91 Å². The quantitative estimate of drug-likeness (QED) is 0.838. The Morgan fingerprint density at radius 1 is 1.19 bits per heavy atom. The van der Waals surface area contributed by atoms with Crippen molar-refractivity contribution in [3.8, 4) is 17.2 Å². The maximum atomic E-state index is 12.7. The molecule has 0 saturated heterocycles. The molecule has 2 aromatic carbocycles. The molecule has 0 bridgehead atoms. The molecule has 1 amide bonds. The van der Waals surface area contributed by atoms with Gasteiger partial charge in [-0.3, -0.25) is 4.79 Å². The first-order valence-electron chi connectivity index (χ1n) is 8.31. The molecule has 0 atom stereocenters. The maximum absolute atomic E-state index is 12.7. The molecule has 1 N–H and O–H groups in total. The lowest BCUT2D eigenvalue weighted by atomic mass is 10.1. The first kappa shape index (κ1) is 18.4. The lowest BCUT2D eigenvalue weighted by Gasteiger charge is -2.20. The lowest BCUT2D eigenvalue weighted by Crippen LogP contribution is -2.21. The summed E-state index contributed by atoms with van der Waals surface area (Å²) in [4.78, 5) is 14.7. The fraction of sp³-hybridized carbons (Fsp3) is 0.316. The second-order valence-electron chi connectivity index (χ2n) is 6.08. The van der Waals surface area contributed by atoms with Crippen molar-refractivity contribution in [1.82, 2.24) is 4.90 Å². The molecule has 0 spiro atoms. The van der Waals surface area contributed by atoms with Crippen molar-refractivity contribution in [2.75, 3.05) is 45.8 Å². The summed E-state index contributed by atoms with van der Waals surface area (Å²) in [5, 5.41) is 3.20. The number of benzene rings is 2. The van der Waals surface area contributed by atoms with Crippen LogP contribution in [0.25, 0.3) is 0 Å². The predicted octanol–water partition coefficient (Wildman–Crippen LogP) is 3.30. The third-order valence-electron chi connectivity index (χ3n) is 3.81. The number of carbonyl (C=O) groups excluding carboxylic acids is 1. The molecule has 0 aliphatic carbocycles. The van der Waals surface area contributed by atoms with E-state index >= 15 is 0 Å². The smallest absolute Gasteiger partial charge is 0.259 e. The summed E-state index contributed by atoms with van der Waals surface area (Å²) < 4.78 is 16.8. The molecule has 6 nitrogen and oxygen atoms in total. The van der Waals surface area contributed by atoms with E-state index in [1.807, 2.05) is 25.1 Å². The number of nitrogens with zero attached hydrogens (tertiary/aromatic N) is 1. The minimum Gasteiger partial charge on any atom is -0.491 e. The van der Waals surface area contributed by atoms with Crippen LogP contribution in [0.4, 0.5) is 5.69 Å². The second-order valence-corrected chi connectivity index (χ2v) is 6.48. The Kier molecular flexibility index (Phi) is 5.85. The van der Waals surface area contributed by atoms with Crippen LogP contribution in [0.2, 0.25) is 5.02 Å². The fourth-order valence-electron chi connectivity index (χ4n) is 2.47. The van der Waals surface area contributed by atoms with Gasteiger partial charge in [0.05, 0.1) is 16.3 Å². The Morgan fingerprint density at radius 2 is 1.88 bits per heavy atom. The molecule has 1 heterocycles. The Hall–Kier alpha value is -2.44. The predicted molar refractivity (Wildman–Crippen MR) is 101 cm³/mol. The Bertz CT molecular complexity index is 795. The van der Waals surface area contributed by atoms with Gasteiger partial charge in [0.25, 0.3) is 5.91 Å². The molecule has 0 unspecified atom stereocenters. The summed E-state index contributed by atoms with van der Waals surface area (Å²) in [6, 6.07) is 10.4. The number of halogens is 1. The number of hydrogen-bond donors (Lipinski definition) is 1. The van der Waals surface area contributed by atoms with Gasteiger partial charge in [-0.25, -0.2) is 0 Å². The van der Waals surface area contributed by atoms with Gasteiger partial charge in [-0.1, -0.05) is 23.7 Å². The number of likely N-dealkylation sites (N-methyl/N-ethyl adjacent to an activating group) is 1. The molecule has 3 rings (SSSR count). The number of hydrogen-bond acceptors (Lipinski definition) is 5. The molecule has 2 aromatic rings. The molecule has 138 valence electrons. The van der Waals surface area contributed by atoms with Crippen molar-refractivity contribution in [3.63, 3.8) is 0 Å². The minimum atomic E-state index is -0.302. The lowest BCUT2D eigenvalue weighted by molar-refractivity contribution is 0.102. The molecule has 0 fully saturated rings. The minimum absolute atomic E-state index is 0.302. The standard InChI is InChI=1S/C19H21ClN2O4/c1-22(2)7-8-24-16-6-4-3-5-13(16)19(23)21-15-12-18-17(11-14(15)20)25-9-10-26-18/h3-6,11-12H,7-10H2,1-2H3,(H,21,23). The SMILES string of the molecule is CN(C)CCOc1ccccc1C(=O)Nc1cc2c(cc1Cl)OCCO2. The molecule has 0 saturated carbocycles. The Balaban J connectivity index is 1.76. The van der Waals surface area contributed by atoms with Crippen LogP contribution in [0.3, 0.4) is 0 Å². The van der Waals surface area contributed by atoms with Crippen LogP contribution < -0.4 is 19.5 Å². The van der Waals surface area contributed by atoms with E-state index in [1.165, 1.54) is 0 Å². The van der Waals surface area contributed by atoms with Gasteiger partial charge in [-0.15, -0.1) is 0 Å². The van der Waals surface area contributed by atoms with Crippen LogP contribution in [-0.2, 0) is 0 Å². The highest BCUT2D eigenvalue weighted by atomic mass is 35.5. The van der Waals surface area contributed by atoms with Crippen molar-refractivity contribution in [3.05, 3.63) is 47.0 Å². The van der Waals surface area contributed by atoms with Gasteiger partial charge in [-0.2, -0.15) is 0 Å². The second kappa shape index (κ2) is 8.29. The van der Waals surface area contributed by atoms with Gasteiger partial charge in [0.15, 0.2) is 11.5 Å². The average Bonchev–Trinajstić information content (AvgIpc) is 2.62. The van der Waals surface area contributed by atoms with Crippen molar-refractivity contribution >= 4 is 23.2 Å². The van der Waals surface area contributed by atoms with Gasteiger partial charge in [0, 0.05) is 18.7 Å². The van der Waals surface area contributed by atoms with E-state index in [2.05, 4.69) is 5.32 Å². The van der Waals surface area contributed by atoms with Gasteiger partial charge >= 0.3 is 0 Å². The summed E-state index contributed by atoms with van der Waals surface area (Å²) >= 11 is 6.26. The summed E-state index contributed by atoms with van der Waals surface area (Å²) in [6.07, 6.45) is 0. The van der Waals surface area contributed by atoms with Crippen molar-refractivity contribution in [2.45, 2.75) is 0 Å². The van der Waals surface area contributed by atoms with E-state index < -0.39 is 0 Å². The zero-order valence-corrected chi connectivity index (χ0v) is 15.5. The van der Waals surface area contributed by atoms with Crippen molar-refractivity contribution in [2.24, 2.45) is 0 Å². The van der Waals surface area contributed by atoms with Gasteiger partial charge in [-0.05, 0) is 26.2 Å². The number of ether oxygens (including phenoxy) is 3. The molecule has 1 aliphatic heterocycles. The zero-order chi connectivity index (χ0) is 18.5. The van der Waals surface area contributed by atoms with Crippen LogP contribution in [0.1, 0.15) is 10.4 Å². The van der Waals surface area contributed by atoms with Crippen LogP contribution in [0, 0.1) is 0 Å². The van der Waals surface area contributed by atoms with Crippen LogP contribution >= 0.6 is 11.6 Å². The molecule has 1 aliphatic rings. The third-order valence-corrected chi connectivity index (χ3v) is 4.12. The van der Waals surface area contributed by atoms with E-state index in [0.29, 0.717) is 53.3 Å². The molecule has 0 aromatic heterocycles. The normalized spacial score (nSPS) is 12.8. The van der Waals surface area contributed by atoms with E-state index in [9.17, 15) is 4.79 Å². The number of nitrogens with one attached hydrogen (secondary N) is 1. The highest BCUT2D eigenvalue weighted by Gasteiger charge is 2.18. The molecule has 26 heavy (non-hydrogen) atoms.